The maximum atomic E-state index is 14.1. The fourth-order valence-electron chi connectivity index (χ4n) is 3.08. The van der Waals surface area contributed by atoms with Crippen molar-refractivity contribution in [3.63, 3.8) is 0 Å². The Hall–Kier alpha value is -0.900. The van der Waals surface area contributed by atoms with Crippen LogP contribution < -0.4 is 4.90 Å². The molecule has 0 aliphatic carbocycles. The molecule has 3 nitrogen and oxygen atoms in total. The van der Waals surface area contributed by atoms with Crippen molar-refractivity contribution in [1.82, 2.24) is 9.97 Å². The molecule has 0 saturated carbocycles. The second-order valence-electron chi connectivity index (χ2n) is 4.96. The lowest BCUT2D eigenvalue weighted by Crippen LogP contribution is -2.44. The number of piperidine rings is 1. The lowest BCUT2D eigenvalue weighted by molar-refractivity contribution is 0.458. The fraction of sp³-hybridized carbons (Fsp3) is 0.667. The second-order valence-corrected chi connectivity index (χ2v) is 5.57. The molecule has 2 aliphatic rings. The van der Waals surface area contributed by atoms with Gasteiger partial charge in [0, 0.05) is 17.5 Å². The van der Waals surface area contributed by atoms with Gasteiger partial charge in [-0.3, -0.25) is 0 Å². The van der Waals surface area contributed by atoms with Crippen LogP contribution in [0.2, 0.25) is 0 Å². The molecule has 2 saturated heterocycles. The predicted molar refractivity (Wildman–Crippen MR) is 64.9 cm³/mol. The van der Waals surface area contributed by atoms with E-state index in [2.05, 4.69) is 14.9 Å². The average Bonchev–Trinajstić information content (AvgIpc) is 2.55. The molecule has 0 N–H and O–H groups in total. The van der Waals surface area contributed by atoms with E-state index in [-0.39, 0.29) is 11.2 Å². The van der Waals surface area contributed by atoms with Gasteiger partial charge in [0.1, 0.15) is 6.33 Å². The molecule has 0 amide bonds. The summed E-state index contributed by atoms with van der Waals surface area (Å²) < 4.78 is 14.1. The Kier molecular flexibility index (Phi) is 2.69. The highest BCUT2D eigenvalue weighted by molar-refractivity contribution is 6.20. The summed E-state index contributed by atoms with van der Waals surface area (Å²) in [7, 11) is 0. The number of fused-ring (bicyclic) bond motifs is 2. The third kappa shape index (κ3) is 1.79. The van der Waals surface area contributed by atoms with Crippen molar-refractivity contribution in [3.05, 3.63) is 17.8 Å². The SMILES string of the molecule is Cc1ncnc(N2C3CCC2CC(Cl)C3)c1F. The van der Waals surface area contributed by atoms with Crippen molar-refractivity contribution in [2.75, 3.05) is 4.90 Å². The molecule has 2 aliphatic heterocycles. The molecule has 5 heteroatoms. The van der Waals surface area contributed by atoms with Crippen molar-refractivity contribution < 1.29 is 4.39 Å². The highest BCUT2D eigenvalue weighted by atomic mass is 35.5. The number of hydrogen-bond acceptors (Lipinski definition) is 3. The van der Waals surface area contributed by atoms with Crippen LogP contribution in [0.3, 0.4) is 0 Å². The van der Waals surface area contributed by atoms with Crippen molar-refractivity contribution in [1.29, 1.82) is 0 Å². The summed E-state index contributed by atoms with van der Waals surface area (Å²) in [6.45, 7) is 1.68. The van der Waals surface area contributed by atoms with Gasteiger partial charge >= 0.3 is 0 Å². The molecular formula is C12H15ClFN3. The van der Waals surface area contributed by atoms with Crippen LogP contribution >= 0.6 is 11.6 Å². The molecule has 3 heterocycles. The normalized spacial score (nSPS) is 31.9. The monoisotopic (exact) mass is 255 g/mol. The lowest BCUT2D eigenvalue weighted by atomic mass is 10.0. The minimum atomic E-state index is -0.280. The van der Waals surface area contributed by atoms with E-state index in [1.54, 1.807) is 6.92 Å². The Balaban J connectivity index is 1.97. The largest absolute Gasteiger partial charge is 0.348 e. The smallest absolute Gasteiger partial charge is 0.186 e. The number of alkyl halides is 1. The first kappa shape index (κ1) is 11.2. The molecule has 17 heavy (non-hydrogen) atoms. The lowest BCUT2D eigenvalue weighted by Gasteiger charge is -2.38. The van der Waals surface area contributed by atoms with Crippen LogP contribution in [0.5, 0.6) is 0 Å². The topological polar surface area (TPSA) is 29.0 Å². The van der Waals surface area contributed by atoms with E-state index in [0.29, 0.717) is 23.6 Å². The molecule has 0 radical (unpaired) electrons. The van der Waals surface area contributed by atoms with Crippen molar-refractivity contribution >= 4 is 17.4 Å². The number of nitrogens with zero attached hydrogens (tertiary/aromatic N) is 3. The zero-order chi connectivity index (χ0) is 12.0. The molecule has 92 valence electrons. The summed E-state index contributed by atoms with van der Waals surface area (Å²) >= 11 is 6.22. The Morgan fingerprint density at radius 1 is 1.29 bits per heavy atom. The number of aromatic nitrogens is 2. The van der Waals surface area contributed by atoms with Crippen LogP contribution in [0.4, 0.5) is 10.2 Å². The van der Waals surface area contributed by atoms with Crippen LogP contribution in [-0.4, -0.2) is 27.4 Å². The van der Waals surface area contributed by atoms with E-state index in [1.165, 1.54) is 6.33 Å². The average molecular weight is 256 g/mol. The van der Waals surface area contributed by atoms with Crippen molar-refractivity contribution in [2.45, 2.75) is 50.1 Å². The fourth-order valence-corrected chi connectivity index (χ4v) is 3.49. The molecule has 0 aromatic carbocycles. The minimum absolute atomic E-state index is 0.231. The zero-order valence-electron chi connectivity index (χ0n) is 9.74. The highest BCUT2D eigenvalue weighted by Gasteiger charge is 2.41. The molecule has 1 aromatic heterocycles. The van der Waals surface area contributed by atoms with Gasteiger partial charge in [0.15, 0.2) is 11.6 Å². The number of halogens is 2. The third-order valence-corrected chi connectivity index (χ3v) is 4.22. The summed E-state index contributed by atoms with van der Waals surface area (Å²) in [6.07, 6.45) is 5.49. The Labute approximate surface area is 105 Å². The first-order valence-electron chi connectivity index (χ1n) is 6.06. The Morgan fingerprint density at radius 3 is 2.59 bits per heavy atom. The molecule has 3 rings (SSSR count). The van der Waals surface area contributed by atoms with Gasteiger partial charge in [0.25, 0.3) is 0 Å². The number of rotatable bonds is 1. The second kappa shape index (κ2) is 4.09. The van der Waals surface area contributed by atoms with Gasteiger partial charge in [0.2, 0.25) is 0 Å². The number of hydrogen-bond donors (Lipinski definition) is 0. The molecule has 2 bridgehead atoms. The minimum Gasteiger partial charge on any atom is -0.348 e. The van der Waals surface area contributed by atoms with Gasteiger partial charge in [0.05, 0.1) is 5.69 Å². The quantitative estimate of drug-likeness (QED) is 0.723. The predicted octanol–water partition coefficient (Wildman–Crippen LogP) is 2.66. The summed E-state index contributed by atoms with van der Waals surface area (Å²) in [6, 6.07) is 0.695. The third-order valence-electron chi connectivity index (χ3n) is 3.87. The first-order chi connectivity index (χ1) is 8.16. The van der Waals surface area contributed by atoms with E-state index in [0.717, 1.165) is 25.7 Å². The van der Waals surface area contributed by atoms with Gasteiger partial charge in [-0.2, -0.15) is 0 Å². The maximum Gasteiger partial charge on any atom is 0.186 e. The molecule has 2 atom stereocenters. The Morgan fingerprint density at radius 2 is 1.94 bits per heavy atom. The van der Waals surface area contributed by atoms with E-state index in [4.69, 9.17) is 11.6 Å². The van der Waals surface area contributed by atoms with Crippen molar-refractivity contribution in [2.24, 2.45) is 0 Å². The summed E-state index contributed by atoms with van der Waals surface area (Å²) in [5, 5.41) is 0.231. The summed E-state index contributed by atoms with van der Waals surface area (Å²) in [4.78, 5) is 10.1. The van der Waals surface area contributed by atoms with E-state index in [1.807, 2.05) is 0 Å². The highest BCUT2D eigenvalue weighted by Crippen LogP contribution is 2.40. The number of anilines is 1. The summed E-state index contributed by atoms with van der Waals surface area (Å²) in [5.74, 6) is 0.186. The van der Waals surface area contributed by atoms with Gasteiger partial charge in [-0.05, 0) is 32.6 Å². The maximum absolute atomic E-state index is 14.1. The molecule has 1 aromatic rings. The molecule has 2 fully saturated rings. The van der Waals surface area contributed by atoms with E-state index in [9.17, 15) is 4.39 Å². The van der Waals surface area contributed by atoms with E-state index < -0.39 is 0 Å². The van der Waals surface area contributed by atoms with Gasteiger partial charge in [-0.1, -0.05) is 0 Å². The molecule has 0 spiro atoms. The van der Waals surface area contributed by atoms with Gasteiger partial charge in [-0.15, -0.1) is 11.6 Å². The van der Waals surface area contributed by atoms with Crippen LogP contribution in [-0.2, 0) is 0 Å². The summed E-state index contributed by atoms with van der Waals surface area (Å²) in [5.41, 5.74) is 0.419. The first-order valence-corrected chi connectivity index (χ1v) is 6.50. The van der Waals surface area contributed by atoms with Gasteiger partial charge < -0.3 is 4.90 Å². The molecule has 2 unspecified atom stereocenters. The van der Waals surface area contributed by atoms with Crippen LogP contribution in [0.15, 0.2) is 6.33 Å². The van der Waals surface area contributed by atoms with Gasteiger partial charge in [-0.25, -0.2) is 14.4 Å². The number of aryl methyl sites for hydroxylation is 1. The van der Waals surface area contributed by atoms with E-state index >= 15 is 0 Å². The van der Waals surface area contributed by atoms with Crippen LogP contribution in [0, 0.1) is 12.7 Å². The Bertz CT molecular complexity index is 426. The zero-order valence-corrected chi connectivity index (χ0v) is 10.5. The standard InChI is InChI=1S/C12H15ClFN3/c1-7-11(14)12(16-6-15-7)17-9-2-3-10(17)5-8(13)4-9/h6,8-10H,2-5H2,1H3. The van der Waals surface area contributed by atoms with Crippen LogP contribution in [0.1, 0.15) is 31.4 Å². The molecular weight excluding hydrogens is 241 g/mol. The van der Waals surface area contributed by atoms with Crippen molar-refractivity contribution in [3.8, 4) is 0 Å². The van der Waals surface area contributed by atoms with Crippen LogP contribution in [0.25, 0.3) is 0 Å².